The Balaban J connectivity index is 2.95. The predicted octanol–water partition coefficient (Wildman–Crippen LogP) is 2.57. The summed E-state index contributed by atoms with van der Waals surface area (Å²) < 4.78 is 4.84. The van der Waals surface area contributed by atoms with Gasteiger partial charge >= 0.3 is 5.97 Å². The minimum Gasteiger partial charge on any atom is -0.466 e. The molecule has 0 saturated carbocycles. The van der Waals surface area contributed by atoms with Crippen LogP contribution < -0.4 is 0 Å². The van der Waals surface area contributed by atoms with E-state index in [1.54, 1.807) is 19.1 Å². The second-order valence-electron chi connectivity index (χ2n) is 3.40. The number of halogens is 1. The van der Waals surface area contributed by atoms with Crippen LogP contribution in [0.15, 0.2) is 12.1 Å². The Labute approximate surface area is 99.4 Å². The van der Waals surface area contributed by atoms with Crippen LogP contribution in [0.1, 0.15) is 28.4 Å². The Hall–Kier alpha value is -1.35. The van der Waals surface area contributed by atoms with E-state index in [0.29, 0.717) is 23.5 Å². The van der Waals surface area contributed by atoms with E-state index in [-0.39, 0.29) is 12.4 Å². The van der Waals surface area contributed by atoms with Crippen LogP contribution >= 0.6 is 11.6 Å². The molecule has 4 heteroatoms. The summed E-state index contributed by atoms with van der Waals surface area (Å²) in [5.74, 6) is -0.301. The number of ether oxygens (including phenoxy) is 1. The van der Waals surface area contributed by atoms with Gasteiger partial charge in [0.1, 0.15) is 0 Å². The summed E-state index contributed by atoms with van der Waals surface area (Å²) in [6.07, 6.45) is 0.841. The van der Waals surface area contributed by atoms with Crippen molar-refractivity contribution in [2.75, 3.05) is 6.61 Å². The molecule has 0 fully saturated rings. The number of aldehydes is 1. The van der Waals surface area contributed by atoms with Gasteiger partial charge in [0.25, 0.3) is 0 Å². The second-order valence-corrected chi connectivity index (χ2v) is 3.81. The zero-order valence-corrected chi connectivity index (χ0v) is 10.0. The summed E-state index contributed by atoms with van der Waals surface area (Å²) in [6.45, 7) is 3.95. The van der Waals surface area contributed by atoms with Crippen LogP contribution in [0.5, 0.6) is 0 Å². The monoisotopic (exact) mass is 240 g/mol. The molecular formula is C12H13ClO3. The SMILES string of the molecule is CCOC(=O)Cc1cc(C=O)c(Cl)cc1C. The number of hydrogen-bond acceptors (Lipinski definition) is 3. The first-order chi connectivity index (χ1) is 7.58. The van der Waals surface area contributed by atoms with Crippen LogP contribution in [0.3, 0.4) is 0 Å². The Kier molecular flexibility index (Phi) is 4.50. The normalized spacial score (nSPS) is 9.94. The van der Waals surface area contributed by atoms with E-state index < -0.39 is 0 Å². The van der Waals surface area contributed by atoms with Crippen molar-refractivity contribution in [3.05, 3.63) is 33.8 Å². The van der Waals surface area contributed by atoms with Gasteiger partial charge in [-0.05, 0) is 37.1 Å². The minimum atomic E-state index is -0.301. The van der Waals surface area contributed by atoms with E-state index in [2.05, 4.69) is 0 Å². The number of carbonyl (C=O) groups excluding carboxylic acids is 2. The van der Waals surface area contributed by atoms with Crippen LogP contribution in [0.2, 0.25) is 5.02 Å². The second kappa shape index (κ2) is 5.66. The highest BCUT2D eigenvalue weighted by Crippen LogP contribution is 2.20. The number of aryl methyl sites for hydroxylation is 1. The minimum absolute atomic E-state index is 0.164. The van der Waals surface area contributed by atoms with E-state index in [1.807, 2.05) is 6.92 Å². The van der Waals surface area contributed by atoms with Gasteiger partial charge in [0, 0.05) is 5.56 Å². The van der Waals surface area contributed by atoms with Gasteiger partial charge in [0.2, 0.25) is 0 Å². The van der Waals surface area contributed by atoms with Gasteiger partial charge in [0.15, 0.2) is 6.29 Å². The fourth-order valence-electron chi connectivity index (χ4n) is 1.38. The van der Waals surface area contributed by atoms with Crippen LogP contribution in [0, 0.1) is 6.92 Å². The summed E-state index contributed by atoms with van der Waals surface area (Å²) in [5, 5.41) is 0.403. The molecule has 0 amide bonds. The molecular weight excluding hydrogens is 228 g/mol. The third-order valence-corrected chi connectivity index (χ3v) is 2.55. The van der Waals surface area contributed by atoms with Crippen LogP contribution in [-0.2, 0) is 16.0 Å². The number of esters is 1. The Morgan fingerprint density at radius 1 is 1.50 bits per heavy atom. The lowest BCUT2D eigenvalue weighted by molar-refractivity contribution is -0.142. The maximum atomic E-state index is 11.3. The zero-order valence-electron chi connectivity index (χ0n) is 9.25. The van der Waals surface area contributed by atoms with Crippen molar-refractivity contribution in [3.63, 3.8) is 0 Å². The fraction of sp³-hybridized carbons (Fsp3) is 0.333. The van der Waals surface area contributed by atoms with Gasteiger partial charge in [-0.3, -0.25) is 9.59 Å². The quantitative estimate of drug-likeness (QED) is 0.600. The summed E-state index contributed by atoms with van der Waals surface area (Å²) >= 11 is 5.85. The lowest BCUT2D eigenvalue weighted by Gasteiger charge is -2.07. The Morgan fingerprint density at radius 2 is 2.19 bits per heavy atom. The number of hydrogen-bond donors (Lipinski definition) is 0. The first kappa shape index (κ1) is 12.7. The van der Waals surface area contributed by atoms with E-state index in [9.17, 15) is 9.59 Å². The van der Waals surface area contributed by atoms with Gasteiger partial charge in [-0.15, -0.1) is 0 Å². The molecule has 0 heterocycles. The molecule has 0 bridgehead atoms. The maximum Gasteiger partial charge on any atom is 0.310 e. The summed E-state index contributed by atoms with van der Waals surface area (Å²) in [4.78, 5) is 22.0. The average molecular weight is 241 g/mol. The standard InChI is InChI=1S/C12H13ClO3/c1-3-16-12(15)6-9-5-10(7-14)11(13)4-8(9)2/h4-5,7H,3,6H2,1-2H3. The molecule has 86 valence electrons. The first-order valence-electron chi connectivity index (χ1n) is 4.98. The third-order valence-electron chi connectivity index (χ3n) is 2.22. The Morgan fingerprint density at radius 3 is 2.75 bits per heavy atom. The largest absolute Gasteiger partial charge is 0.466 e. The highest BCUT2D eigenvalue weighted by atomic mass is 35.5. The molecule has 0 aliphatic carbocycles. The van der Waals surface area contributed by atoms with Gasteiger partial charge in [0.05, 0.1) is 18.1 Å². The van der Waals surface area contributed by atoms with E-state index in [0.717, 1.165) is 11.1 Å². The molecule has 0 saturated heterocycles. The highest BCUT2D eigenvalue weighted by molar-refractivity contribution is 6.33. The van der Waals surface area contributed by atoms with Crippen molar-refractivity contribution in [1.82, 2.24) is 0 Å². The van der Waals surface area contributed by atoms with Gasteiger partial charge in [-0.1, -0.05) is 11.6 Å². The molecule has 0 spiro atoms. The van der Waals surface area contributed by atoms with Crippen molar-refractivity contribution < 1.29 is 14.3 Å². The third kappa shape index (κ3) is 3.07. The molecule has 0 aromatic heterocycles. The molecule has 0 N–H and O–H groups in total. The van der Waals surface area contributed by atoms with Crippen LogP contribution in [0.25, 0.3) is 0 Å². The smallest absolute Gasteiger partial charge is 0.310 e. The average Bonchev–Trinajstić information content (AvgIpc) is 2.22. The topological polar surface area (TPSA) is 43.4 Å². The van der Waals surface area contributed by atoms with Gasteiger partial charge < -0.3 is 4.74 Å². The molecule has 1 aromatic carbocycles. The molecule has 16 heavy (non-hydrogen) atoms. The maximum absolute atomic E-state index is 11.3. The van der Waals surface area contributed by atoms with Crippen molar-refractivity contribution in [2.24, 2.45) is 0 Å². The van der Waals surface area contributed by atoms with Crippen molar-refractivity contribution in [3.8, 4) is 0 Å². The van der Waals surface area contributed by atoms with Crippen LogP contribution in [-0.4, -0.2) is 18.9 Å². The molecule has 0 aliphatic heterocycles. The van der Waals surface area contributed by atoms with Crippen LogP contribution in [0.4, 0.5) is 0 Å². The highest BCUT2D eigenvalue weighted by Gasteiger charge is 2.10. The zero-order chi connectivity index (χ0) is 12.1. The van der Waals surface area contributed by atoms with E-state index in [4.69, 9.17) is 16.3 Å². The van der Waals surface area contributed by atoms with Crippen molar-refractivity contribution >= 4 is 23.9 Å². The number of carbonyl (C=O) groups is 2. The Bertz CT molecular complexity index is 413. The summed E-state index contributed by atoms with van der Waals surface area (Å²) in [6, 6.07) is 3.31. The van der Waals surface area contributed by atoms with E-state index >= 15 is 0 Å². The lowest BCUT2D eigenvalue weighted by atomic mass is 10.0. The fourth-order valence-corrected chi connectivity index (χ4v) is 1.65. The van der Waals surface area contributed by atoms with Gasteiger partial charge in [-0.25, -0.2) is 0 Å². The number of rotatable bonds is 4. The van der Waals surface area contributed by atoms with Crippen molar-refractivity contribution in [1.29, 1.82) is 0 Å². The predicted molar refractivity (Wildman–Crippen MR) is 61.9 cm³/mol. The first-order valence-corrected chi connectivity index (χ1v) is 5.36. The molecule has 0 atom stereocenters. The molecule has 3 nitrogen and oxygen atoms in total. The van der Waals surface area contributed by atoms with Gasteiger partial charge in [-0.2, -0.15) is 0 Å². The summed E-state index contributed by atoms with van der Waals surface area (Å²) in [7, 11) is 0. The molecule has 0 unspecified atom stereocenters. The van der Waals surface area contributed by atoms with E-state index in [1.165, 1.54) is 0 Å². The molecule has 1 rings (SSSR count). The van der Waals surface area contributed by atoms with Crippen molar-refractivity contribution in [2.45, 2.75) is 20.3 Å². The summed E-state index contributed by atoms with van der Waals surface area (Å²) in [5.41, 5.74) is 2.04. The molecule has 0 aliphatic rings. The molecule has 1 aromatic rings. The number of benzene rings is 1. The molecule has 0 radical (unpaired) electrons. The lowest BCUT2D eigenvalue weighted by Crippen LogP contribution is -2.09.